The number of aryl methyl sites for hydroxylation is 1. The molecule has 1 aliphatic heterocycles. The molecule has 1 fully saturated rings. The second-order valence-corrected chi connectivity index (χ2v) is 8.08. The fourth-order valence-corrected chi connectivity index (χ4v) is 4.49. The maximum absolute atomic E-state index is 12.7. The number of aromatic amines is 2. The molecule has 148 valence electrons. The van der Waals surface area contributed by atoms with Gasteiger partial charge in [0.15, 0.2) is 0 Å². The summed E-state index contributed by atoms with van der Waals surface area (Å²) in [6.07, 6.45) is 5.31. The zero-order valence-electron chi connectivity index (χ0n) is 16.5. The summed E-state index contributed by atoms with van der Waals surface area (Å²) >= 11 is 0. The van der Waals surface area contributed by atoms with Gasteiger partial charge in [-0.15, -0.1) is 0 Å². The first-order valence-electron chi connectivity index (χ1n) is 10.5. The lowest BCUT2D eigenvalue weighted by Crippen LogP contribution is -2.36. The van der Waals surface area contributed by atoms with Crippen LogP contribution in [0, 0.1) is 5.92 Å². The van der Waals surface area contributed by atoms with Crippen molar-refractivity contribution >= 4 is 27.7 Å². The molecule has 0 unspecified atom stereocenters. The summed E-state index contributed by atoms with van der Waals surface area (Å²) in [5, 5.41) is 1.30. The van der Waals surface area contributed by atoms with Crippen LogP contribution in [-0.2, 0) is 17.8 Å². The van der Waals surface area contributed by atoms with Crippen LogP contribution in [0.15, 0.2) is 54.7 Å². The van der Waals surface area contributed by atoms with Crippen molar-refractivity contribution in [3.63, 3.8) is 0 Å². The average molecular weight is 386 g/mol. The number of benzene rings is 2. The number of fused-ring (bicyclic) bond motifs is 2. The fraction of sp³-hybridized carbons (Fsp3) is 0.333. The number of likely N-dealkylation sites (tertiary alicyclic amines) is 1. The van der Waals surface area contributed by atoms with Crippen LogP contribution in [0.3, 0.4) is 0 Å². The first kappa shape index (κ1) is 18.1. The van der Waals surface area contributed by atoms with Crippen molar-refractivity contribution < 1.29 is 4.79 Å². The molecule has 0 spiro atoms. The number of carbonyl (C=O) groups is 1. The summed E-state index contributed by atoms with van der Waals surface area (Å²) in [5.74, 6) is 1.49. The normalized spacial score (nSPS) is 16.0. The van der Waals surface area contributed by atoms with E-state index in [1.165, 1.54) is 16.5 Å². The van der Waals surface area contributed by atoms with Gasteiger partial charge in [0.25, 0.3) is 0 Å². The molecule has 1 saturated heterocycles. The molecule has 0 bridgehead atoms. The molecule has 4 aromatic rings. The van der Waals surface area contributed by atoms with Crippen LogP contribution in [0.25, 0.3) is 21.9 Å². The number of para-hydroxylation sites is 3. The molecule has 0 saturated carbocycles. The second kappa shape index (κ2) is 7.84. The van der Waals surface area contributed by atoms with Crippen LogP contribution < -0.4 is 0 Å². The van der Waals surface area contributed by atoms with Crippen LogP contribution in [0.2, 0.25) is 0 Å². The number of hydrogen-bond acceptors (Lipinski definition) is 3. The number of rotatable bonds is 6. The van der Waals surface area contributed by atoms with Gasteiger partial charge >= 0.3 is 0 Å². The predicted molar refractivity (Wildman–Crippen MR) is 116 cm³/mol. The Morgan fingerprint density at radius 1 is 1.03 bits per heavy atom. The van der Waals surface area contributed by atoms with Gasteiger partial charge in [-0.1, -0.05) is 30.3 Å². The molecule has 0 aliphatic carbocycles. The number of Topliss-reactive ketones (excluding diaryl/α,β-unsaturated/α-hetero) is 1. The molecule has 3 heterocycles. The van der Waals surface area contributed by atoms with Crippen molar-refractivity contribution in [2.24, 2.45) is 5.92 Å². The molecule has 0 amide bonds. The van der Waals surface area contributed by atoms with E-state index in [1.807, 2.05) is 24.3 Å². The number of carbonyl (C=O) groups excluding carboxylic acids is 1. The third-order valence-corrected chi connectivity index (χ3v) is 6.16. The Kier molecular flexibility index (Phi) is 4.90. The summed E-state index contributed by atoms with van der Waals surface area (Å²) < 4.78 is 0. The van der Waals surface area contributed by atoms with Gasteiger partial charge in [0, 0.05) is 42.4 Å². The zero-order chi connectivity index (χ0) is 19.6. The summed E-state index contributed by atoms with van der Waals surface area (Å²) in [6, 6.07) is 16.5. The smallest absolute Gasteiger partial charge is 0.136 e. The standard InChI is InChI=1S/C24H26N4O/c29-23(9-10-24-26-21-7-3-4-8-22(21)27-24)17-11-13-28(14-12-17)16-18-15-25-20-6-2-1-5-19(18)20/h1-8,15,17,25H,9-14,16H2,(H,26,27). The number of piperidine rings is 1. The molecular weight excluding hydrogens is 360 g/mol. The summed E-state index contributed by atoms with van der Waals surface area (Å²) in [7, 11) is 0. The van der Waals surface area contributed by atoms with Crippen molar-refractivity contribution in [1.29, 1.82) is 0 Å². The topological polar surface area (TPSA) is 64.8 Å². The molecule has 2 aromatic heterocycles. The van der Waals surface area contributed by atoms with E-state index in [4.69, 9.17) is 0 Å². The second-order valence-electron chi connectivity index (χ2n) is 8.08. The number of nitrogens with zero attached hydrogens (tertiary/aromatic N) is 2. The Balaban J connectivity index is 1.13. The van der Waals surface area contributed by atoms with Gasteiger partial charge in [0.05, 0.1) is 11.0 Å². The van der Waals surface area contributed by atoms with E-state index in [1.54, 1.807) is 0 Å². The largest absolute Gasteiger partial charge is 0.361 e. The van der Waals surface area contributed by atoms with E-state index in [0.717, 1.165) is 49.3 Å². The molecule has 1 aliphatic rings. The van der Waals surface area contributed by atoms with E-state index in [-0.39, 0.29) is 5.92 Å². The highest BCUT2D eigenvalue weighted by Crippen LogP contribution is 2.24. The SMILES string of the molecule is O=C(CCc1nc2ccccc2[nH]1)C1CCN(Cc2c[nH]c3ccccc23)CC1. The minimum Gasteiger partial charge on any atom is -0.361 e. The maximum Gasteiger partial charge on any atom is 0.136 e. The van der Waals surface area contributed by atoms with Crippen LogP contribution in [0.1, 0.15) is 30.7 Å². The molecule has 5 nitrogen and oxygen atoms in total. The monoisotopic (exact) mass is 386 g/mol. The van der Waals surface area contributed by atoms with Crippen LogP contribution in [0.5, 0.6) is 0 Å². The lowest BCUT2D eigenvalue weighted by molar-refractivity contribution is -0.124. The summed E-state index contributed by atoms with van der Waals surface area (Å²) in [5.41, 5.74) is 4.55. The van der Waals surface area contributed by atoms with E-state index >= 15 is 0 Å². The van der Waals surface area contributed by atoms with E-state index in [9.17, 15) is 4.79 Å². The number of H-pyrrole nitrogens is 2. The number of nitrogens with one attached hydrogen (secondary N) is 2. The fourth-order valence-electron chi connectivity index (χ4n) is 4.49. The van der Waals surface area contributed by atoms with Crippen LogP contribution >= 0.6 is 0 Å². The van der Waals surface area contributed by atoms with Crippen molar-refractivity contribution in [2.45, 2.75) is 32.2 Å². The van der Waals surface area contributed by atoms with Gasteiger partial charge in [0.2, 0.25) is 0 Å². The third-order valence-electron chi connectivity index (χ3n) is 6.16. The minimum absolute atomic E-state index is 0.193. The van der Waals surface area contributed by atoms with Crippen LogP contribution in [-0.4, -0.2) is 38.7 Å². The Labute approximate surface area is 170 Å². The molecule has 5 rings (SSSR count). The number of aromatic nitrogens is 3. The number of imidazole rings is 1. The quantitative estimate of drug-likeness (QED) is 0.514. The van der Waals surface area contributed by atoms with Gasteiger partial charge in [-0.3, -0.25) is 9.69 Å². The Hall–Kier alpha value is -2.92. The van der Waals surface area contributed by atoms with Crippen molar-refractivity contribution in [2.75, 3.05) is 13.1 Å². The molecule has 0 radical (unpaired) electrons. The molecule has 2 aromatic carbocycles. The van der Waals surface area contributed by atoms with Gasteiger partial charge in [-0.25, -0.2) is 4.98 Å². The number of ketones is 1. The van der Waals surface area contributed by atoms with Gasteiger partial charge in [-0.05, 0) is 49.7 Å². The highest BCUT2D eigenvalue weighted by molar-refractivity contribution is 5.83. The first-order chi connectivity index (χ1) is 14.3. The highest BCUT2D eigenvalue weighted by Gasteiger charge is 2.25. The van der Waals surface area contributed by atoms with Crippen LogP contribution in [0.4, 0.5) is 0 Å². The molecular formula is C24H26N4O. The summed E-state index contributed by atoms with van der Waals surface area (Å²) in [6.45, 7) is 2.92. The highest BCUT2D eigenvalue weighted by atomic mass is 16.1. The maximum atomic E-state index is 12.7. The molecule has 0 atom stereocenters. The van der Waals surface area contributed by atoms with Gasteiger partial charge in [-0.2, -0.15) is 0 Å². The van der Waals surface area contributed by atoms with Crippen molar-refractivity contribution in [1.82, 2.24) is 19.9 Å². The van der Waals surface area contributed by atoms with Gasteiger partial charge < -0.3 is 9.97 Å². The Bertz CT molecular complexity index is 1100. The van der Waals surface area contributed by atoms with Crippen molar-refractivity contribution in [3.8, 4) is 0 Å². The van der Waals surface area contributed by atoms with E-state index < -0.39 is 0 Å². The zero-order valence-corrected chi connectivity index (χ0v) is 16.5. The summed E-state index contributed by atoms with van der Waals surface area (Å²) in [4.78, 5) is 26.5. The average Bonchev–Trinajstić information content (AvgIpc) is 3.36. The first-order valence-corrected chi connectivity index (χ1v) is 10.5. The van der Waals surface area contributed by atoms with Gasteiger partial charge in [0.1, 0.15) is 11.6 Å². The lowest BCUT2D eigenvalue weighted by atomic mass is 9.90. The number of hydrogen-bond donors (Lipinski definition) is 2. The third kappa shape index (κ3) is 3.83. The van der Waals surface area contributed by atoms with E-state index in [2.05, 4.69) is 50.3 Å². The predicted octanol–water partition coefficient (Wildman–Crippen LogP) is 4.46. The minimum atomic E-state index is 0.193. The lowest BCUT2D eigenvalue weighted by Gasteiger charge is -2.31. The molecule has 29 heavy (non-hydrogen) atoms. The Morgan fingerprint density at radius 3 is 2.62 bits per heavy atom. The molecule has 2 N–H and O–H groups in total. The Morgan fingerprint density at radius 2 is 1.79 bits per heavy atom. The van der Waals surface area contributed by atoms with E-state index in [0.29, 0.717) is 18.6 Å². The van der Waals surface area contributed by atoms with Crippen molar-refractivity contribution in [3.05, 3.63) is 66.1 Å². The molecule has 5 heteroatoms.